The fraction of sp³-hybridized carbons (Fsp3) is 0.333. The minimum atomic E-state index is -0.368. The molecule has 0 radical (unpaired) electrons. The van der Waals surface area contributed by atoms with E-state index in [0.717, 1.165) is 53.8 Å². The minimum absolute atomic E-state index is 0.368. The van der Waals surface area contributed by atoms with E-state index < -0.39 is 0 Å². The minimum Gasteiger partial charge on any atom is -0.366 e. The summed E-state index contributed by atoms with van der Waals surface area (Å²) < 4.78 is 2.24. The van der Waals surface area contributed by atoms with Crippen molar-refractivity contribution in [2.24, 2.45) is 5.73 Å². The van der Waals surface area contributed by atoms with Gasteiger partial charge >= 0.3 is 0 Å². The Bertz CT molecular complexity index is 957. The van der Waals surface area contributed by atoms with E-state index in [4.69, 9.17) is 5.73 Å². The predicted octanol–water partition coefficient (Wildman–Crippen LogP) is 5.05. The quantitative estimate of drug-likeness (QED) is 0.560. The summed E-state index contributed by atoms with van der Waals surface area (Å²) in [6, 6.07) is 14.2. The van der Waals surface area contributed by atoms with Gasteiger partial charge in [-0.1, -0.05) is 50.1 Å². The van der Waals surface area contributed by atoms with Crippen LogP contribution in [-0.2, 0) is 13.0 Å². The van der Waals surface area contributed by atoms with Gasteiger partial charge in [-0.15, -0.1) is 0 Å². The van der Waals surface area contributed by atoms with Crippen LogP contribution in [0.25, 0.3) is 11.1 Å². The number of benzene rings is 1. The van der Waals surface area contributed by atoms with Crippen molar-refractivity contribution in [3.8, 4) is 11.1 Å². The van der Waals surface area contributed by atoms with E-state index in [0.29, 0.717) is 12.1 Å². The van der Waals surface area contributed by atoms with Crippen molar-refractivity contribution in [1.82, 2.24) is 9.55 Å². The van der Waals surface area contributed by atoms with Gasteiger partial charge in [-0.05, 0) is 49.9 Å². The Morgan fingerprint density at radius 1 is 1.07 bits per heavy atom. The van der Waals surface area contributed by atoms with Crippen LogP contribution < -0.4 is 5.73 Å². The third-order valence-electron chi connectivity index (χ3n) is 5.36. The number of unbranched alkanes of at least 4 members (excludes halogenated alkanes) is 2. The molecule has 146 valence electrons. The summed E-state index contributed by atoms with van der Waals surface area (Å²) in [6.45, 7) is 6.92. The van der Waals surface area contributed by atoms with E-state index >= 15 is 0 Å². The number of nitrogens with zero attached hydrogens (tertiary/aromatic N) is 2. The smallest absolute Gasteiger partial charge is 0.251 e. The first-order chi connectivity index (χ1) is 13.5. The molecule has 0 aliphatic heterocycles. The summed E-state index contributed by atoms with van der Waals surface area (Å²) in [6.07, 6.45) is 6.12. The Morgan fingerprint density at radius 3 is 2.46 bits per heavy atom. The number of primary amides is 1. The maximum atomic E-state index is 12.5. The van der Waals surface area contributed by atoms with Crippen LogP contribution in [0, 0.1) is 13.8 Å². The Labute approximate surface area is 167 Å². The average molecular weight is 376 g/mol. The van der Waals surface area contributed by atoms with Gasteiger partial charge in [0.15, 0.2) is 0 Å². The molecule has 4 heteroatoms. The maximum Gasteiger partial charge on any atom is 0.251 e. The molecule has 0 spiro atoms. The number of aryl methyl sites for hydroxylation is 1. The van der Waals surface area contributed by atoms with Crippen LogP contribution in [0.4, 0.5) is 0 Å². The summed E-state index contributed by atoms with van der Waals surface area (Å²) >= 11 is 0. The van der Waals surface area contributed by atoms with Crippen molar-refractivity contribution < 1.29 is 4.79 Å². The number of rotatable bonds is 8. The highest BCUT2D eigenvalue weighted by Crippen LogP contribution is 2.36. The van der Waals surface area contributed by atoms with Crippen molar-refractivity contribution in [2.75, 3.05) is 0 Å². The van der Waals surface area contributed by atoms with E-state index in [2.05, 4.69) is 35.5 Å². The number of hydrogen-bond donors (Lipinski definition) is 1. The van der Waals surface area contributed by atoms with Gasteiger partial charge in [0.2, 0.25) is 0 Å². The molecule has 0 saturated heterocycles. The number of pyridine rings is 1. The Morgan fingerprint density at radius 2 is 1.82 bits per heavy atom. The highest BCUT2D eigenvalue weighted by molar-refractivity contribution is 6.02. The van der Waals surface area contributed by atoms with Gasteiger partial charge in [0, 0.05) is 23.1 Å². The number of nitrogens with two attached hydrogens (primary N) is 1. The zero-order chi connectivity index (χ0) is 20.1. The molecule has 2 heterocycles. The normalized spacial score (nSPS) is 11.0. The standard InChI is InChI=1S/C24H29N3O/c1-4-5-6-14-21-23(20-13-8-7-11-17(20)2)22(24(25)28)18(3)27(21)16-19-12-9-10-15-26-19/h7-13,15H,4-6,14,16H2,1-3H3,(H2,25,28). The third kappa shape index (κ3) is 4.01. The first-order valence-corrected chi connectivity index (χ1v) is 10.0. The molecule has 3 rings (SSSR count). The summed E-state index contributed by atoms with van der Waals surface area (Å²) in [4.78, 5) is 17.0. The molecular weight excluding hydrogens is 346 g/mol. The van der Waals surface area contributed by atoms with Crippen LogP contribution in [0.3, 0.4) is 0 Å². The van der Waals surface area contributed by atoms with Gasteiger partial charge in [-0.25, -0.2) is 0 Å². The molecular formula is C24H29N3O. The monoisotopic (exact) mass is 375 g/mol. The summed E-state index contributed by atoms with van der Waals surface area (Å²) in [7, 11) is 0. The zero-order valence-corrected chi connectivity index (χ0v) is 17.0. The molecule has 0 unspecified atom stereocenters. The summed E-state index contributed by atoms with van der Waals surface area (Å²) in [5, 5.41) is 0. The topological polar surface area (TPSA) is 60.9 Å². The van der Waals surface area contributed by atoms with Crippen LogP contribution >= 0.6 is 0 Å². The van der Waals surface area contributed by atoms with Crippen LogP contribution in [0.5, 0.6) is 0 Å². The van der Waals surface area contributed by atoms with E-state index in [9.17, 15) is 4.79 Å². The molecule has 0 aliphatic carbocycles. The second-order valence-corrected chi connectivity index (χ2v) is 7.33. The molecule has 2 aromatic heterocycles. The van der Waals surface area contributed by atoms with Crippen molar-refractivity contribution >= 4 is 5.91 Å². The first kappa shape index (κ1) is 19.9. The molecule has 4 nitrogen and oxygen atoms in total. The molecule has 0 atom stereocenters. The van der Waals surface area contributed by atoms with Crippen LogP contribution in [-0.4, -0.2) is 15.5 Å². The molecule has 0 saturated carbocycles. The molecule has 0 fully saturated rings. The second kappa shape index (κ2) is 8.87. The Hall–Kier alpha value is -2.88. The molecule has 1 aromatic carbocycles. The molecule has 0 aliphatic rings. The average Bonchev–Trinajstić information content (AvgIpc) is 2.95. The van der Waals surface area contributed by atoms with Gasteiger partial charge in [0.1, 0.15) is 0 Å². The molecule has 1 amide bonds. The van der Waals surface area contributed by atoms with Crippen LogP contribution in [0.15, 0.2) is 48.7 Å². The summed E-state index contributed by atoms with van der Waals surface area (Å²) in [5.74, 6) is -0.368. The number of aromatic nitrogens is 2. The van der Waals surface area contributed by atoms with E-state index in [1.54, 1.807) is 0 Å². The van der Waals surface area contributed by atoms with Gasteiger partial charge in [-0.3, -0.25) is 9.78 Å². The van der Waals surface area contributed by atoms with Gasteiger partial charge < -0.3 is 10.3 Å². The highest BCUT2D eigenvalue weighted by Gasteiger charge is 2.25. The third-order valence-corrected chi connectivity index (χ3v) is 5.36. The number of carbonyl (C=O) groups excluding carboxylic acids is 1. The fourth-order valence-corrected chi connectivity index (χ4v) is 3.91. The van der Waals surface area contributed by atoms with E-state index in [1.807, 2.05) is 43.5 Å². The predicted molar refractivity (Wildman–Crippen MR) is 114 cm³/mol. The van der Waals surface area contributed by atoms with Crippen molar-refractivity contribution in [3.63, 3.8) is 0 Å². The summed E-state index contributed by atoms with van der Waals surface area (Å²) in [5.41, 5.74) is 12.8. The van der Waals surface area contributed by atoms with Crippen LogP contribution in [0.2, 0.25) is 0 Å². The lowest BCUT2D eigenvalue weighted by atomic mass is 9.94. The molecule has 28 heavy (non-hydrogen) atoms. The Balaban J connectivity index is 2.22. The molecule has 2 N–H and O–H groups in total. The van der Waals surface area contributed by atoms with Gasteiger partial charge in [-0.2, -0.15) is 0 Å². The number of hydrogen-bond acceptors (Lipinski definition) is 2. The lowest BCUT2D eigenvalue weighted by molar-refractivity contribution is 0.1000. The SMILES string of the molecule is CCCCCc1c(-c2ccccc2C)c(C(N)=O)c(C)n1Cc1ccccn1. The number of carbonyl (C=O) groups is 1. The molecule has 0 bridgehead atoms. The highest BCUT2D eigenvalue weighted by atomic mass is 16.1. The van der Waals surface area contributed by atoms with Crippen molar-refractivity contribution in [3.05, 3.63) is 76.9 Å². The maximum absolute atomic E-state index is 12.5. The van der Waals surface area contributed by atoms with Crippen LogP contribution in [0.1, 0.15) is 59.2 Å². The van der Waals surface area contributed by atoms with E-state index in [1.165, 1.54) is 5.69 Å². The van der Waals surface area contributed by atoms with Crippen molar-refractivity contribution in [2.45, 2.75) is 53.0 Å². The molecule has 3 aromatic rings. The Kier molecular flexibility index (Phi) is 6.30. The second-order valence-electron chi connectivity index (χ2n) is 7.33. The van der Waals surface area contributed by atoms with Crippen molar-refractivity contribution in [1.29, 1.82) is 0 Å². The largest absolute Gasteiger partial charge is 0.366 e. The fourth-order valence-electron chi connectivity index (χ4n) is 3.91. The van der Waals surface area contributed by atoms with Gasteiger partial charge in [0.25, 0.3) is 5.91 Å². The van der Waals surface area contributed by atoms with E-state index in [-0.39, 0.29) is 5.91 Å². The number of amides is 1. The zero-order valence-electron chi connectivity index (χ0n) is 17.0. The lowest BCUT2D eigenvalue weighted by Crippen LogP contribution is -2.14. The first-order valence-electron chi connectivity index (χ1n) is 10.0. The lowest BCUT2D eigenvalue weighted by Gasteiger charge is -2.14. The van der Waals surface area contributed by atoms with Gasteiger partial charge in [0.05, 0.1) is 17.8 Å².